The van der Waals surface area contributed by atoms with Crippen LogP contribution in [0.2, 0.25) is 5.02 Å². The summed E-state index contributed by atoms with van der Waals surface area (Å²) in [5.74, 6) is 0.671. The highest BCUT2D eigenvalue weighted by Gasteiger charge is 2.20. The lowest BCUT2D eigenvalue weighted by molar-refractivity contribution is 0.249. The van der Waals surface area contributed by atoms with Crippen molar-refractivity contribution in [1.82, 2.24) is 14.9 Å². The van der Waals surface area contributed by atoms with Gasteiger partial charge >= 0.3 is 0 Å². The van der Waals surface area contributed by atoms with Crippen LogP contribution in [0, 0.1) is 19.7 Å². The fourth-order valence-electron chi connectivity index (χ4n) is 2.86. The molecule has 122 valence electrons. The van der Waals surface area contributed by atoms with E-state index in [-0.39, 0.29) is 10.8 Å². The molecule has 1 saturated heterocycles. The lowest BCUT2D eigenvalue weighted by Crippen LogP contribution is -2.46. The summed E-state index contributed by atoms with van der Waals surface area (Å²) < 4.78 is 13.5. The minimum atomic E-state index is -0.352. The third-order valence-corrected chi connectivity index (χ3v) is 4.68. The molecule has 4 nitrogen and oxygen atoms in total. The maximum absolute atomic E-state index is 13.5. The van der Waals surface area contributed by atoms with Crippen LogP contribution in [-0.2, 0) is 6.54 Å². The van der Waals surface area contributed by atoms with Crippen molar-refractivity contribution >= 4 is 17.4 Å². The Labute approximate surface area is 140 Å². The lowest BCUT2D eigenvalue weighted by atomic mass is 10.1. The zero-order chi connectivity index (χ0) is 16.4. The Morgan fingerprint density at radius 1 is 1.13 bits per heavy atom. The van der Waals surface area contributed by atoms with Gasteiger partial charge in [-0.15, -0.1) is 0 Å². The van der Waals surface area contributed by atoms with Crippen LogP contribution in [0.5, 0.6) is 0 Å². The maximum Gasteiger partial charge on any atom is 0.142 e. The number of anilines is 1. The van der Waals surface area contributed by atoms with Crippen LogP contribution >= 0.6 is 11.6 Å². The molecule has 2 heterocycles. The van der Waals surface area contributed by atoms with Crippen LogP contribution in [0.15, 0.2) is 24.5 Å². The summed E-state index contributed by atoms with van der Waals surface area (Å²) in [6, 6.07) is 5.03. The summed E-state index contributed by atoms with van der Waals surface area (Å²) in [5, 5.41) is 0.174. The van der Waals surface area contributed by atoms with Gasteiger partial charge in [-0.2, -0.15) is 0 Å². The Bertz CT molecular complexity index is 699. The summed E-state index contributed by atoms with van der Waals surface area (Å²) in [7, 11) is 0. The molecule has 23 heavy (non-hydrogen) atoms. The third-order valence-electron chi connectivity index (χ3n) is 4.37. The molecule has 1 aliphatic rings. The van der Waals surface area contributed by atoms with Crippen molar-refractivity contribution in [3.05, 3.63) is 52.2 Å². The van der Waals surface area contributed by atoms with E-state index in [1.54, 1.807) is 12.4 Å². The Balaban J connectivity index is 1.62. The second-order valence-electron chi connectivity index (χ2n) is 5.92. The second kappa shape index (κ2) is 6.81. The zero-order valence-electron chi connectivity index (χ0n) is 13.4. The number of nitrogens with zero attached hydrogens (tertiary/aromatic N) is 4. The number of hydrogen-bond acceptors (Lipinski definition) is 4. The smallest absolute Gasteiger partial charge is 0.142 e. The molecule has 0 spiro atoms. The summed E-state index contributed by atoms with van der Waals surface area (Å²) >= 11 is 5.73. The highest BCUT2D eigenvalue weighted by molar-refractivity contribution is 6.30. The molecular formula is C17H20ClFN4. The second-order valence-corrected chi connectivity index (χ2v) is 6.33. The van der Waals surface area contributed by atoms with Gasteiger partial charge in [-0.3, -0.25) is 4.90 Å². The summed E-state index contributed by atoms with van der Waals surface area (Å²) in [6.07, 6.45) is 1.63. The summed E-state index contributed by atoms with van der Waals surface area (Å²) in [5.41, 5.74) is 3.12. The molecule has 0 N–H and O–H groups in total. The molecule has 1 aromatic heterocycles. The van der Waals surface area contributed by atoms with Crippen LogP contribution in [-0.4, -0.2) is 41.0 Å². The van der Waals surface area contributed by atoms with Crippen LogP contribution < -0.4 is 4.90 Å². The van der Waals surface area contributed by atoms with Crippen LogP contribution in [0.1, 0.15) is 16.8 Å². The van der Waals surface area contributed by atoms with Crippen LogP contribution in [0.4, 0.5) is 10.2 Å². The van der Waals surface area contributed by atoms with E-state index in [1.807, 2.05) is 13.0 Å². The highest BCUT2D eigenvalue weighted by atomic mass is 35.5. The van der Waals surface area contributed by atoms with Crippen molar-refractivity contribution in [2.45, 2.75) is 20.4 Å². The van der Waals surface area contributed by atoms with E-state index in [0.29, 0.717) is 0 Å². The maximum atomic E-state index is 13.5. The molecule has 0 unspecified atom stereocenters. The minimum Gasteiger partial charge on any atom is -0.354 e. The Morgan fingerprint density at radius 2 is 1.87 bits per heavy atom. The normalized spacial score (nSPS) is 15.9. The standard InChI is InChI=1S/C17H20ClFN4/c1-12-13(2)20-11-21-17(12)23-7-5-22(6-8-23)10-14-3-4-15(18)16(19)9-14/h3-4,9,11H,5-8,10H2,1-2H3. The predicted octanol–water partition coefficient (Wildman–Crippen LogP) is 3.21. The quantitative estimate of drug-likeness (QED) is 0.862. The molecule has 6 heteroatoms. The van der Waals surface area contributed by atoms with Crippen LogP contribution in [0.3, 0.4) is 0 Å². The predicted molar refractivity (Wildman–Crippen MR) is 90.4 cm³/mol. The van der Waals surface area contributed by atoms with Gasteiger partial charge in [0.15, 0.2) is 0 Å². The molecule has 1 aliphatic heterocycles. The molecule has 2 aromatic rings. The monoisotopic (exact) mass is 334 g/mol. The zero-order valence-corrected chi connectivity index (χ0v) is 14.1. The number of benzene rings is 1. The average molecular weight is 335 g/mol. The summed E-state index contributed by atoms with van der Waals surface area (Å²) in [6.45, 7) is 8.48. The first-order valence-electron chi connectivity index (χ1n) is 7.74. The molecule has 0 amide bonds. The first kappa shape index (κ1) is 16.1. The van der Waals surface area contributed by atoms with E-state index in [0.717, 1.165) is 55.4 Å². The largest absolute Gasteiger partial charge is 0.354 e. The molecule has 0 radical (unpaired) electrons. The van der Waals surface area contributed by atoms with E-state index in [4.69, 9.17) is 11.6 Å². The van der Waals surface area contributed by atoms with E-state index < -0.39 is 0 Å². The topological polar surface area (TPSA) is 32.3 Å². The number of halogens is 2. The molecule has 0 bridgehead atoms. The van der Waals surface area contributed by atoms with Gasteiger partial charge in [0.1, 0.15) is 18.0 Å². The van der Waals surface area contributed by atoms with Gasteiger partial charge in [0, 0.05) is 44.0 Å². The Morgan fingerprint density at radius 3 is 2.57 bits per heavy atom. The van der Waals surface area contributed by atoms with Crippen molar-refractivity contribution in [1.29, 1.82) is 0 Å². The van der Waals surface area contributed by atoms with Crippen molar-refractivity contribution in [2.24, 2.45) is 0 Å². The number of aryl methyl sites for hydroxylation is 1. The summed E-state index contributed by atoms with van der Waals surface area (Å²) in [4.78, 5) is 13.3. The molecule has 0 atom stereocenters. The van der Waals surface area contributed by atoms with Gasteiger partial charge in [0.25, 0.3) is 0 Å². The van der Waals surface area contributed by atoms with Crippen molar-refractivity contribution in [3.8, 4) is 0 Å². The molecule has 1 fully saturated rings. The van der Waals surface area contributed by atoms with Gasteiger partial charge in [-0.05, 0) is 31.5 Å². The fraction of sp³-hybridized carbons (Fsp3) is 0.412. The first-order chi connectivity index (χ1) is 11.0. The highest BCUT2D eigenvalue weighted by Crippen LogP contribution is 2.21. The minimum absolute atomic E-state index is 0.174. The first-order valence-corrected chi connectivity index (χ1v) is 8.12. The number of piperazine rings is 1. The molecule has 1 aromatic carbocycles. The van der Waals surface area contributed by atoms with Crippen molar-refractivity contribution in [3.63, 3.8) is 0 Å². The molecule has 3 rings (SSSR count). The van der Waals surface area contributed by atoms with E-state index in [9.17, 15) is 4.39 Å². The third kappa shape index (κ3) is 3.62. The Kier molecular flexibility index (Phi) is 4.78. The van der Waals surface area contributed by atoms with E-state index in [1.165, 1.54) is 6.07 Å². The molecule has 0 saturated carbocycles. The molecule has 0 aliphatic carbocycles. The fourth-order valence-corrected chi connectivity index (χ4v) is 2.98. The van der Waals surface area contributed by atoms with Gasteiger partial charge < -0.3 is 4.90 Å². The number of hydrogen-bond donors (Lipinski definition) is 0. The van der Waals surface area contributed by atoms with E-state index in [2.05, 4.69) is 26.7 Å². The van der Waals surface area contributed by atoms with E-state index >= 15 is 0 Å². The van der Waals surface area contributed by atoms with Gasteiger partial charge in [0.05, 0.1) is 5.02 Å². The van der Waals surface area contributed by atoms with Gasteiger partial charge in [0.2, 0.25) is 0 Å². The number of aromatic nitrogens is 2. The lowest BCUT2D eigenvalue weighted by Gasteiger charge is -2.36. The number of rotatable bonds is 3. The van der Waals surface area contributed by atoms with Gasteiger partial charge in [-0.1, -0.05) is 17.7 Å². The Hall–Kier alpha value is -1.72. The van der Waals surface area contributed by atoms with Crippen molar-refractivity contribution in [2.75, 3.05) is 31.1 Å². The van der Waals surface area contributed by atoms with Crippen molar-refractivity contribution < 1.29 is 4.39 Å². The van der Waals surface area contributed by atoms with Gasteiger partial charge in [-0.25, -0.2) is 14.4 Å². The van der Waals surface area contributed by atoms with Crippen LogP contribution in [0.25, 0.3) is 0 Å². The SMILES string of the molecule is Cc1ncnc(N2CCN(Cc3ccc(Cl)c(F)c3)CC2)c1C. The molecular weight excluding hydrogens is 315 g/mol. The average Bonchev–Trinajstić information content (AvgIpc) is 2.55.